The molecule has 0 aromatic rings. The van der Waals surface area contributed by atoms with Crippen LogP contribution in [0.2, 0.25) is 0 Å². The molecule has 1 aliphatic heterocycles. The first kappa shape index (κ1) is 8.97. The van der Waals surface area contributed by atoms with Gasteiger partial charge in [-0.2, -0.15) is 0 Å². The van der Waals surface area contributed by atoms with Crippen LogP contribution in [-0.2, 0) is 0 Å². The van der Waals surface area contributed by atoms with Crippen molar-refractivity contribution >= 4 is 0 Å². The second-order valence-corrected chi connectivity index (χ2v) is 3.28. The first-order valence-electron chi connectivity index (χ1n) is 4.42. The van der Waals surface area contributed by atoms with Crippen molar-refractivity contribution in [2.24, 2.45) is 0 Å². The Kier molecular flexibility index (Phi) is 3.83. The molecule has 1 fully saturated rings. The molecule has 0 aliphatic carbocycles. The number of nitrogens with one attached hydrogen (secondary N) is 2. The summed E-state index contributed by atoms with van der Waals surface area (Å²) in [6, 6.07) is 0.662. The lowest BCUT2D eigenvalue weighted by molar-refractivity contribution is 0.260. The van der Waals surface area contributed by atoms with Gasteiger partial charge in [0, 0.05) is 38.8 Å². The number of nitrogens with zero attached hydrogens (tertiary/aromatic N) is 1. The van der Waals surface area contributed by atoms with Gasteiger partial charge in [-0.1, -0.05) is 0 Å². The Morgan fingerprint density at radius 2 is 1.91 bits per heavy atom. The van der Waals surface area contributed by atoms with Crippen molar-refractivity contribution < 1.29 is 0 Å². The molecule has 0 radical (unpaired) electrons. The van der Waals surface area contributed by atoms with Crippen LogP contribution in [0, 0.1) is 0 Å². The molecule has 11 heavy (non-hydrogen) atoms. The van der Waals surface area contributed by atoms with E-state index in [4.69, 9.17) is 0 Å². The zero-order valence-corrected chi connectivity index (χ0v) is 7.56. The Hall–Kier alpha value is -0.120. The monoisotopic (exact) mass is 157 g/mol. The van der Waals surface area contributed by atoms with Gasteiger partial charge in [0.2, 0.25) is 0 Å². The molecule has 1 atom stereocenters. The molecule has 0 saturated carbocycles. The molecule has 0 aromatic heterocycles. The largest absolute Gasteiger partial charge is 0.314 e. The lowest BCUT2D eigenvalue weighted by Gasteiger charge is -2.23. The third-order valence-electron chi connectivity index (χ3n) is 2.31. The lowest BCUT2D eigenvalue weighted by atomic mass is 10.3. The van der Waals surface area contributed by atoms with E-state index in [0.29, 0.717) is 6.04 Å². The fraction of sp³-hybridized carbons (Fsp3) is 1.00. The Morgan fingerprint density at radius 3 is 2.73 bits per heavy atom. The zero-order chi connectivity index (χ0) is 8.10. The molecule has 0 aromatic carbocycles. The number of hydrogen-bond acceptors (Lipinski definition) is 3. The van der Waals surface area contributed by atoms with E-state index in [-0.39, 0.29) is 0 Å². The van der Waals surface area contributed by atoms with E-state index in [1.54, 1.807) is 0 Å². The van der Waals surface area contributed by atoms with Crippen LogP contribution >= 0.6 is 0 Å². The van der Waals surface area contributed by atoms with E-state index in [2.05, 4.69) is 29.5 Å². The molecular formula is C8H19N3. The highest BCUT2D eigenvalue weighted by Crippen LogP contribution is 1.92. The Labute approximate surface area is 69.1 Å². The van der Waals surface area contributed by atoms with Gasteiger partial charge < -0.3 is 15.5 Å². The van der Waals surface area contributed by atoms with Gasteiger partial charge in [0.25, 0.3) is 0 Å². The topological polar surface area (TPSA) is 27.3 Å². The van der Waals surface area contributed by atoms with Crippen molar-refractivity contribution in [1.82, 2.24) is 15.5 Å². The summed E-state index contributed by atoms with van der Waals surface area (Å²) in [5.74, 6) is 0. The number of rotatable bonds is 0. The third kappa shape index (κ3) is 3.18. The Balaban J connectivity index is 2.29. The van der Waals surface area contributed by atoms with E-state index < -0.39 is 0 Å². The Morgan fingerprint density at radius 1 is 1.18 bits per heavy atom. The van der Waals surface area contributed by atoms with Crippen molar-refractivity contribution in [2.75, 3.05) is 39.8 Å². The maximum atomic E-state index is 3.40. The predicted molar refractivity (Wildman–Crippen MR) is 47.8 cm³/mol. The van der Waals surface area contributed by atoms with Gasteiger partial charge in [-0.3, -0.25) is 0 Å². The van der Waals surface area contributed by atoms with Crippen LogP contribution in [0.5, 0.6) is 0 Å². The predicted octanol–water partition coefficient (Wildman–Crippen LogP) is -0.500. The maximum absolute atomic E-state index is 3.40. The van der Waals surface area contributed by atoms with Crippen LogP contribution in [0.25, 0.3) is 0 Å². The SMILES string of the molecule is CC1CNCCNCCN1C. The van der Waals surface area contributed by atoms with Crippen LogP contribution in [0.15, 0.2) is 0 Å². The first-order chi connectivity index (χ1) is 5.30. The third-order valence-corrected chi connectivity index (χ3v) is 2.31. The summed E-state index contributed by atoms with van der Waals surface area (Å²) < 4.78 is 0. The summed E-state index contributed by atoms with van der Waals surface area (Å²) >= 11 is 0. The summed E-state index contributed by atoms with van der Waals surface area (Å²) in [5, 5.41) is 6.78. The summed E-state index contributed by atoms with van der Waals surface area (Å²) in [6.45, 7) is 7.83. The Bertz CT molecular complexity index is 93.5. The second kappa shape index (κ2) is 4.70. The van der Waals surface area contributed by atoms with Crippen molar-refractivity contribution in [2.45, 2.75) is 13.0 Å². The van der Waals surface area contributed by atoms with Crippen molar-refractivity contribution in [3.05, 3.63) is 0 Å². The molecule has 1 unspecified atom stereocenters. The molecular weight excluding hydrogens is 138 g/mol. The minimum absolute atomic E-state index is 0.662. The van der Waals surface area contributed by atoms with Gasteiger partial charge >= 0.3 is 0 Å². The van der Waals surface area contributed by atoms with Gasteiger partial charge in [-0.05, 0) is 14.0 Å². The molecule has 1 rings (SSSR count). The average molecular weight is 157 g/mol. The number of hydrogen-bond donors (Lipinski definition) is 2. The highest BCUT2D eigenvalue weighted by molar-refractivity contribution is 4.69. The molecule has 0 amide bonds. The minimum atomic E-state index is 0.662. The fourth-order valence-corrected chi connectivity index (χ4v) is 1.24. The van der Waals surface area contributed by atoms with Crippen LogP contribution in [0.1, 0.15) is 6.92 Å². The lowest BCUT2D eigenvalue weighted by Crippen LogP contribution is -2.38. The summed E-state index contributed by atoms with van der Waals surface area (Å²) in [6.07, 6.45) is 0. The maximum Gasteiger partial charge on any atom is 0.0189 e. The summed E-state index contributed by atoms with van der Waals surface area (Å²) in [5.41, 5.74) is 0. The molecule has 1 aliphatic rings. The molecule has 2 N–H and O–H groups in total. The van der Waals surface area contributed by atoms with E-state index in [0.717, 1.165) is 32.7 Å². The van der Waals surface area contributed by atoms with E-state index >= 15 is 0 Å². The van der Waals surface area contributed by atoms with Gasteiger partial charge in [0.15, 0.2) is 0 Å². The number of likely N-dealkylation sites (N-methyl/N-ethyl adjacent to an activating group) is 1. The molecule has 1 heterocycles. The van der Waals surface area contributed by atoms with E-state index in [1.807, 2.05) is 0 Å². The highest BCUT2D eigenvalue weighted by atomic mass is 15.2. The minimum Gasteiger partial charge on any atom is -0.314 e. The average Bonchev–Trinajstić information content (AvgIpc) is 2.07. The molecule has 1 saturated heterocycles. The van der Waals surface area contributed by atoms with E-state index in [1.165, 1.54) is 0 Å². The molecule has 0 bridgehead atoms. The quantitative estimate of drug-likeness (QED) is 0.496. The van der Waals surface area contributed by atoms with Crippen LogP contribution in [-0.4, -0.2) is 50.7 Å². The molecule has 66 valence electrons. The first-order valence-corrected chi connectivity index (χ1v) is 4.42. The summed E-state index contributed by atoms with van der Waals surface area (Å²) in [4.78, 5) is 2.38. The molecule has 0 spiro atoms. The normalized spacial score (nSPS) is 30.5. The molecule has 3 nitrogen and oxygen atoms in total. The zero-order valence-electron chi connectivity index (χ0n) is 7.56. The second-order valence-electron chi connectivity index (χ2n) is 3.28. The van der Waals surface area contributed by atoms with E-state index in [9.17, 15) is 0 Å². The summed E-state index contributed by atoms with van der Waals surface area (Å²) in [7, 11) is 2.18. The van der Waals surface area contributed by atoms with Crippen LogP contribution in [0.4, 0.5) is 0 Å². The van der Waals surface area contributed by atoms with Crippen LogP contribution < -0.4 is 10.6 Å². The highest BCUT2D eigenvalue weighted by Gasteiger charge is 2.08. The van der Waals surface area contributed by atoms with Crippen LogP contribution in [0.3, 0.4) is 0 Å². The van der Waals surface area contributed by atoms with Crippen molar-refractivity contribution in [3.8, 4) is 0 Å². The van der Waals surface area contributed by atoms with Crippen molar-refractivity contribution in [3.63, 3.8) is 0 Å². The molecule has 3 heteroatoms. The van der Waals surface area contributed by atoms with Crippen molar-refractivity contribution in [1.29, 1.82) is 0 Å². The smallest absolute Gasteiger partial charge is 0.0189 e. The van der Waals surface area contributed by atoms with Gasteiger partial charge in [-0.25, -0.2) is 0 Å². The van der Waals surface area contributed by atoms with Gasteiger partial charge in [0.05, 0.1) is 0 Å². The van der Waals surface area contributed by atoms with Gasteiger partial charge in [-0.15, -0.1) is 0 Å². The standard InChI is InChI=1S/C8H19N3/c1-8-7-10-4-3-9-5-6-11(8)2/h8-10H,3-7H2,1-2H3. The fourth-order valence-electron chi connectivity index (χ4n) is 1.24. The van der Waals surface area contributed by atoms with Gasteiger partial charge in [0.1, 0.15) is 0 Å².